The third-order valence-electron chi connectivity index (χ3n) is 3.06. The van der Waals surface area contributed by atoms with Gasteiger partial charge in [-0.05, 0) is 12.8 Å². The average Bonchev–Trinajstić information content (AvgIpc) is 2.87. The molecule has 1 unspecified atom stereocenters. The maximum Gasteiger partial charge on any atom is 0.407 e. The summed E-state index contributed by atoms with van der Waals surface area (Å²) in [5.41, 5.74) is 6.05. The third-order valence-corrected chi connectivity index (χ3v) is 3.84. The SMILES string of the molecule is NCC(=O)Nc1nc(C2CCCN(C(=O)O)C2)cs1. The minimum Gasteiger partial charge on any atom is -0.465 e. The first-order valence-electron chi connectivity index (χ1n) is 6.03. The lowest BCUT2D eigenvalue weighted by Crippen LogP contribution is -2.38. The fourth-order valence-electron chi connectivity index (χ4n) is 2.09. The number of anilines is 1. The number of piperidine rings is 1. The molecule has 1 saturated heterocycles. The molecule has 104 valence electrons. The molecule has 8 heteroatoms. The van der Waals surface area contributed by atoms with Crippen LogP contribution in [-0.2, 0) is 4.79 Å². The van der Waals surface area contributed by atoms with Gasteiger partial charge < -0.3 is 21.1 Å². The van der Waals surface area contributed by atoms with Crippen LogP contribution in [0.15, 0.2) is 5.38 Å². The molecule has 0 bridgehead atoms. The van der Waals surface area contributed by atoms with Crippen molar-refractivity contribution >= 4 is 28.5 Å². The lowest BCUT2D eigenvalue weighted by molar-refractivity contribution is -0.114. The van der Waals surface area contributed by atoms with Gasteiger partial charge >= 0.3 is 6.09 Å². The first-order chi connectivity index (χ1) is 9.10. The Morgan fingerprint density at radius 2 is 2.42 bits per heavy atom. The lowest BCUT2D eigenvalue weighted by Gasteiger charge is -2.29. The Kier molecular flexibility index (Phi) is 4.33. The summed E-state index contributed by atoms with van der Waals surface area (Å²) < 4.78 is 0. The van der Waals surface area contributed by atoms with E-state index in [-0.39, 0.29) is 18.4 Å². The van der Waals surface area contributed by atoms with Crippen molar-refractivity contribution in [1.29, 1.82) is 0 Å². The molecule has 4 N–H and O–H groups in total. The Bertz CT molecular complexity index is 476. The molecule has 0 aliphatic carbocycles. The number of carbonyl (C=O) groups excluding carboxylic acids is 1. The number of nitrogens with two attached hydrogens (primary N) is 1. The highest BCUT2D eigenvalue weighted by Gasteiger charge is 2.26. The number of nitrogens with one attached hydrogen (secondary N) is 1. The summed E-state index contributed by atoms with van der Waals surface area (Å²) in [4.78, 5) is 27.8. The van der Waals surface area contributed by atoms with Crippen LogP contribution < -0.4 is 11.1 Å². The number of hydrogen-bond acceptors (Lipinski definition) is 5. The Morgan fingerprint density at radius 1 is 1.63 bits per heavy atom. The molecule has 0 saturated carbocycles. The minimum absolute atomic E-state index is 0.0782. The van der Waals surface area contributed by atoms with Crippen LogP contribution in [-0.4, -0.2) is 46.6 Å². The van der Waals surface area contributed by atoms with Gasteiger partial charge in [-0.1, -0.05) is 0 Å². The standard InChI is InChI=1S/C11H16N4O3S/c12-4-9(16)14-10-13-8(6-19-10)7-2-1-3-15(5-7)11(17)18/h6-7H,1-5,12H2,(H,17,18)(H,13,14,16). The van der Waals surface area contributed by atoms with Gasteiger partial charge in [0, 0.05) is 24.4 Å². The molecular formula is C11H16N4O3S. The molecule has 0 radical (unpaired) electrons. The van der Waals surface area contributed by atoms with Crippen molar-refractivity contribution in [2.45, 2.75) is 18.8 Å². The normalized spacial score (nSPS) is 19.2. The van der Waals surface area contributed by atoms with Crippen LogP contribution in [0.3, 0.4) is 0 Å². The smallest absolute Gasteiger partial charge is 0.407 e. The van der Waals surface area contributed by atoms with Gasteiger partial charge in [-0.25, -0.2) is 9.78 Å². The van der Waals surface area contributed by atoms with Gasteiger partial charge in [-0.3, -0.25) is 4.79 Å². The Labute approximate surface area is 114 Å². The molecule has 2 heterocycles. The molecule has 2 rings (SSSR count). The number of carboxylic acid groups (broad SMARTS) is 1. The van der Waals surface area contributed by atoms with Crippen molar-refractivity contribution in [2.24, 2.45) is 5.73 Å². The highest BCUT2D eigenvalue weighted by molar-refractivity contribution is 7.13. The van der Waals surface area contributed by atoms with Crippen molar-refractivity contribution in [3.05, 3.63) is 11.1 Å². The number of carbonyl (C=O) groups is 2. The summed E-state index contributed by atoms with van der Waals surface area (Å²) in [6.07, 6.45) is 0.855. The fourth-order valence-corrected chi connectivity index (χ4v) is 2.90. The second-order valence-corrected chi connectivity index (χ2v) is 5.26. The van der Waals surface area contributed by atoms with Gasteiger partial charge in [-0.15, -0.1) is 11.3 Å². The summed E-state index contributed by atoms with van der Waals surface area (Å²) in [5, 5.41) is 14.0. The van der Waals surface area contributed by atoms with E-state index in [1.807, 2.05) is 5.38 Å². The topological polar surface area (TPSA) is 109 Å². The maximum atomic E-state index is 11.2. The van der Waals surface area contributed by atoms with E-state index in [4.69, 9.17) is 10.8 Å². The van der Waals surface area contributed by atoms with Crippen molar-refractivity contribution in [3.8, 4) is 0 Å². The van der Waals surface area contributed by atoms with E-state index in [0.717, 1.165) is 18.5 Å². The molecule has 7 nitrogen and oxygen atoms in total. The summed E-state index contributed by atoms with van der Waals surface area (Å²) in [7, 11) is 0. The number of aromatic nitrogens is 1. The summed E-state index contributed by atoms with van der Waals surface area (Å²) in [6.45, 7) is 0.960. The molecule has 1 aromatic heterocycles. The first-order valence-corrected chi connectivity index (χ1v) is 6.91. The van der Waals surface area contributed by atoms with Crippen LogP contribution in [0.25, 0.3) is 0 Å². The zero-order chi connectivity index (χ0) is 13.8. The van der Waals surface area contributed by atoms with E-state index in [1.165, 1.54) is 16.2 Å². The van der Waals surface area contributed by atoms with Gasteiger partial charge in [-0.2, -0.15) is 0 Å². The van der Waals surface area contributed by atoms with Gasteiger partial charge in [0.05, 0.1) is 12.2 Å². The largest absolute Gasteiger partial charge is 0.465 e. The molecule has 0 spiro atoms. The van der Waals surface area contributed by atoms with Gasteiger partial charge in [0.1, 0.15) is 0 Å². The van der Waals surface area contributed by atoms with E-state index in [1.54, 1.807) is 0 Å². The molecule has 1 aromatic rings. The summed E-state index contributed by atoms with van der Waals surface area (Å²) in [5.74, 6) is -0.179. The van der Waals surface area contributed by atoms with E-state index >= 15 is 0 Å². The number of nitrogens with zero attached hydrogens (tertiary/aromatic N) is 2. The number of likely N-dealkylation sites (tertiary alicyclic amines) is 1. The van der Waals surface area contributed by atoms with E-state index < -0.39 is 6.09 Å². The second kappa shape index (κ2) is 5.98. The van der Waals surface area contributed by atoms with Crippen molar-refractivity contribution < 1.29 is 14.7 Å². The molecule has 19 heavy (non-hydrogen) atoms. The number of thiazole rings is 1. The minimum atomic E-state index is -0.892. The first kappa shape index (κ1) is 13.8. The van der Waals surface area contributed by atoms with E-state index in [0.29, 0.717) is 18.2 Å². The quantitative estimate of drug-likeness (QED) is 0.764. The van der Waals surface area contributed by atoms with Crippen LogP contribution in [0, 0.1) is 0 Å². The van der Waals surface area contributed by atoms with Crippen molar-refractivity contribution in [1.82, 2.24) is 9.88 Å². The van der Waals surface area contributed by atoms with Gasteiger partial charge in [0.25, 0.3) is 0 Å². The monoisotopic (exact) mass is 284 g/mol. The predicted octanol–water partition coefficient (Wildman–Crippen LogP) is 0.898. The number of hydrogen-bond donors (Lipinski definition) is 3. The highest BCUT2D eigenvalue weighted by atomic mass is 32.1. The Hall–Kier alpha value is -1.67. The molecule has 1 fully saturated rings. The van der Waals surface area contributed by atoms with Crippen LogP contribution >= 0.6 is 11.3 Å². The molecule has 1 aliphatic rings. The highest BCUT2D eigenvalue weighted by Crippen LogP contribution is 2.29. The van der Waals surface area contributed by atoms with Crippen LogP contribution in [0.2, 0.25) is 0 Å². The molecule has 2 amide bonds. The Morgan fingerprint density at radius 3 is 3.11 bits per heavy atom. The van der Waals surface area contributed by atoms with Gasteiger partial charge in [0.2, 0.25) is 5.91 Å². The molecule has 1 atom stereocenters. The van der Waals surface area contributed by atoms with Gasteiger partial charge in [0.15, 0.2) is 5.13 Å². The molecule has 1 aliphatic heterocycles. The van der Waals surface area contributed by atoms with E-state index in [2.05, 4.69) is 10.3 Å². The predicted molar refractivity (Wildman–Crippen MR) is 71.4 cm³/mol. The summed E-state index contributed by atoms with van der Waals surface area (Å²) >= 11 is 1.33. The zero-order valence-corrected chi connectivity index (χ0v) is 11.2. The maximum absolute atomic E-state index is 11.2. The molecular weight excluding hydrogens is 268 g/mol. The third kappa shape index (κ3) is 3.42. The second-order valence-electron chi connectivity index (χ2n) is 4.40. The fraction of sp³-hybridized carbons (Fsp3) is 0.545. The molecule has 0 aromatic carbocycles. The zero-order valence-electron chi connectivity index (χ0n) is 10.3. The van der Waals surface area contributed by atoms with Crippen LogP contribution in [0.1, 0.15) is 24.5 Å². The Balaban J connectivity index is 2.01. The van der Waals surface area contributed by atoms with Crippen LogP contribution in [0.5, 0.6) is 0 Å². The van der Waals surface area contributed by atoms with E-state index in [9.17, 15) is 9.59 Å². The summed E-state index contributed by atoms with van der Waals surface area (Å²) in [6, 6.07) is 0. The van der Waals surface area contributed by atoms with Crippen molar-refractivity contribution in [2.75, 3.05) is 25.0 Å². The average molecular weight is 284 g/mol. The number of amides is 2. The van der Waals surface area contributed by atoms with Crippen molar-refractivity contribution in [3.63, 3.8) is 0 Å². The van der Waals surface area contributed by atoms with Crippen LogP contribution in [0.4, 0.5) is 9.93 Å². The lowest BCUT2D eigenvalue weighted by atomic mass is 9.96. The number of rotatable bonds is 3.